The van der Waals surface area contributed by atoms with Crippen LogP contribution in [0, 0.1) is 5.92 Å². The third-order valence-electron chi connectivity index (χ3n) is 3.33. The lowest BCUT2D eigenvalue weighted by Gasteiger charge is -2.21. The molecule has 126 valence electrons. The first-order valence-electron chi connectivity index (χ1n) is 7.62. The van der Waals surface area contributed by atoms with Crippen LogP contribution >= 0.6 is 0 Å². The molecule has 0 saturated carbocycles. The Morgan fingerprint density at radius 1 is 1.13 bits per heavy atom. The second kappa shape index (κ2) is 9.61. The highest BCUT2D eigenvalue weighted by Crippen LogP contribution is 2.04. The van der Waals surface area contributed by atoms with Crippen LogP contribution in [0.4, 0.5) is 0 Å². The fourth-order valence-corrected chi connectivity index (χ4v) is 2.04. The lowest BCUT2D eigenvalue weighted by molar-refractivity contribution is -0.140. The smallest absolute Gasteiger partial charge is 0.307 e. The van der Waals surface area contributed by atoms with Gasteiger partial charge in [-0.2, -0.15) is 0 Å². The maximum Gasteiger partial charge on any atom is 0.307 e. The second-order valence-corrected chi connectivity index (χ2v) is 5.57. The summed E-state index contributed by atoms with van der Waals surface area (Å²) in [7, 11) is 1.30. The summed E-state index contributed by atoms with van der Waals surface area (Å²) >= 11 is 0. The topological polar surface area (TPSA) is 84.5 Å². The Balaban J connectivity index is 2.52. The summed E-state index contributed by atoms with van der Waals surface area (Å²) in [5.74, 6) is -0.962. The van der Waals surface area contributed by atoms with Gasteiger partial charge in [-0.1, -0.05) is 44.2 Å². The molecule has 0 radical (unpaired) electrons. The molecule has 1 unspecified atom stereocenters. The predicted octanol–water partition coefficient (Wildman–Crippen LogP) is 1.05. The summed E-state index contributed by atoms with van der Waals surface area (Å²) in [5, 5.41) is 5.39. The van der Waals surface area contributed by atoms with Crippen LogP contribution in [0.25, 0.3) is 0 Å². The molecule has 0 aliphatic rings. The molecule has 0 fully saturated rings. The van der Waals surface area contributed by atoms with Crippen molar-refractivity contribution in [1.82, 2.24) is 10.6 Å². The number of rotatable bonds is 8. The zero-order valence-electron chi connectivity index (χ0n) is 13.8. The number of carbonyl (C=O) groups excluding carboxylic acids is 3. The van der Waals surface area contributed by atoms with Crippen molar-refractivity contribution in [3.8, 4) is 0 Å². The van der Waals surface area contributed by atoms with Crippen molar-refractivity contribution in [1.29, 1.82) is 0 Å². The Morgan fingerprint density at radius 3 is 2.35 bits per heavy atom. The highest BCUT2D eigenvalue weighted by atomic mass is 16.5. The quantitative estimate of drug-likeness (QED) is 0.701. The Kier molecular flexibility index (Phi) is 7.80. The second-order valence-electron chi connectivity index (χ2n) is 5.57. The number of hydrogen-bond acceptors (Lipinski definition) is 4. The summed E-state index contributed by atoms with van der Waals surface area (Å²) in [6.45, 7) is 3.89. The third kappa shape index (κ3) is 6.95. The molecule has 2 N–H and O–H groups in total. The molecular formula is C17H24N2O4. The molecule has 0 aromatic heterocycles. The minimum Gasteiger partial charge on any atom is -0.469 e. The number of methoxy groups -OCH3 is 1. The molecule has 1 atom stereocenters. The van der Waals surface area contributed by atoms with E-state index in [0.29, 0.717) is 0 Å². The predicted molar refractivity (Wildman–Crippen MR) is 86.6 cm³/mol. The zero-order valence-corrected chi connectivity index (χ0v) is 13.8. The van der Waals surface area contributed by atoms with Gasteiger partial charge in [-0.3, -0.25) is 14.4 Å². The van der Waals surface area contributed by atoms with E-state index < -0.39 is 6.04 Å². The number of amides is 2. The summed E-state index contributed by atoms with van der Waals surface area (Å²) in [4.78, 5) is 35.3. The van der Waals surface area contributed by atoms with Crippen LogP contribution in [0.3, 0.4) is 0 Å². The van der Waals surface area contributed by atoms with Crippen LogP contribution in [-0.4, -0.2) is 37.5 Å². The largest absolute Gasteiger partial charge is 0.469 e. The van der Waals surface area contributed by atoms with Crippen LogP contribution in [0.15, 0.2) is 30.3 Å². The van der Waals surface area contributed by atoms with Crippen molar-refractivity contribution >= 4 is 17.8 Å². The molecule has 6 heteroatoms. The number of benzene rings is 1. The molecule has 0 bridgehead atoms. The standard InChI is InChI=1S/C17H24N2O4/c1-12(2)16(17(22)18-10-9-15(21)23-3)19-14(20)11-13-7-5-4-6-8-13/h4-8,12,16H,9-11H2,1-3H3,(H,18,22)(H,19,20). The highest BCUT2D eigenvalue weighted by molar-refractivity contribution is 5.88. The number of esters is 1. The molecule has 0 spiro atoms. The minimum atomic E-state index is -0.635. The Morgan fingerprint density at radius 2 is 1.78 bits per heavy atom. The summed E-state index contributed by atoms with van der Waals surface area (Å²) in [5.41, 5.74) is 0.888. The maximum absolute atomic E-state index is 12.2. The van der Waals surface area contributed by atoms with Crippen molar-refractivity contribution < 1.29 is 19.1 Å². The van der Waals surface area contributed by atoms with E-state index >= 15 is 0 Å². The molecule has 1 rings (SSSR count). The first-order valence-corrected chi connectivity index (χ1v) is 7.62. The molecule has 2 amide bonds. The third-order valence-corrected chi connectivity index (χ3v) is 3.33. The van der Waals surface area contributed by atoms with Gasteiger partial charge < -0.3 is 15.4 Å². The van der Waals surface area contributed by atoms with Gasteiger partial charge in [-0.15, -0.1) is 0 Å². The molecule has 1 aromatic carbocycles. The van der Waals surface area contributed by atoms with Crippen molar-refractivity contribution in [2.75, 3.05) is 13.7 Å². The van der Waals surface area contributed by atoms with Gasteiger partial charge in [0.1, 0.15) is 6.04 Å². The van der Waals surface area contributed by atoms with E-state index in [-0.39, 0.29) is 43.1 Å². The lowest BCUT2D eigenvalue weighted by atomic mass is 10.0. The first-order chi connectivity index (χ1) is 10.9. The molecule has 0 aliphatic carbocycles. The van der Waals surface area contributed by atoms with Crippen molar-refractivity contribution in [2.24, 2.45) is 5.92 Å². The maximum atomic E-state index is 12.2. The summed E-state index contributed by atoms with van der Waals surface area (Å²) in [6.07, 6.45) is 0.324. The molecule has 6 nitrogen and oxygen atoms in total. The van der Waals surface area contributed by atoms with E-state index in [4.69, 9.17) is 0 Å². The zero-order chi connectivity index (χ0) is 17.2. The minimum absolute atomic E-state index is 0.0622. The van der Waals surface area contributed by atoms with Crippen LogP contribution in [0.1, 0.15) is 25.8 Å². The number of ether oxygens (including phenoxy) is 1. The van der Waals surface area contributed by atoms with E-state index in [1.54, 1.807) is 0 Å². The van der Waals surface area contributed by atoms with Crippen molar-refractivity contribution in [3.05, 3.63) is 35.9 Å². The number of carbonyl (C=O) groups is 3. The molecular weight excluding hydrogens is 296 g/mol. The average Bonchev–Trinajstić information content (AvgIpc) is 2.52. The summed E-state index contributed by atoms with van der Waals surface area (Å²) < 4.78 is 4.51. The Hall–Kier alpha value is -2.37. The molecule has 0 saturated heterocycles. The van der Waals surface area contributed by atoms with E-state index in [2.05, 4.69) is 15.4 Å². The summed E-state index contributed by atoms with van der Waals surface area (Å²) in [6, 6.07) is 8.70. The van der Waals surface area contributed by atoms with Gasteiger partial charge in [0.05, 0.1) is 20.0 Å². The van der Waals surface area contributed by atoms with Gasteiger partial charge in [-0.05, 0) is 11.5 Å². The van der Waals surface area contributed by atoms with Crippen LogP contribution < -0.4 is 10.6 Å². The molecule has 0 heterocycles. The van der Waals surface area contributed by atoms with Gasteiger partial charge in [0.2, 0.25) is 11.8 Å². The van der Waals surface area contributed by atoms with Crippen molar-refractivity contribution in [2.45, 2.75) is 32.7 Å². The van der Waals surface area contributed by atoms with Gasteiger partial charge in [0, 0.05) is 6.54 Å². The Labute approximate surface area is 136 Å². The van der Waals surface area contributed by atoms with Gasteiger partial charge >= 0.3 is 5.97 Å². The fraction of sp³-hybridized carbons (Fsp3) is 0.471. The Bertz CT molecular complexity index is 529. The van der Waals surface area contributed by atoms with Crippen LogP contribution in [-0.2, 0) is 25.5 Å². The molecule has 0 aliphatic heterocycles. The highest BCUT2D eigenvalue weighted by Gasteiger charge is 2.24. The number of nitrogens with one attached hydrogen (secondary N) is 2. The fourth-order valence-electron chi connectivity index (χ4n) is 2.04. The SMILES string of the molecule is COC(=O)CCNC(=O)C(NC(=O)Cc1ccccc1)C(C)C. The van der Waals surface area contributed by atoms with E-state index in [9.17, 15) is 14.4 Å². The van der Waals surface area contributed by atoms with Gasteiger partial charge in [0.15, 0.2) is 0 Å². The normalized spacial score (nSPS) is 11.7. The van der Waals surface area contributed by atoms with Crippen molar-refractivity contribution in [3.63, 3.8) is 0 Å². The van der Waals surface area contributed by atoms with E-state index in [1.807, 2.05) is 44.2 Å². The van der Waals surface area contributed by atoms with E-state index in [1.165, 1.54) is 7.11 Å². The van der Waals surface area contributed by atoms with Crippen LogP contribution in [0.2, 0.25) is 0 Å². The number of hydrogen-bond donors (Lipinski definition) is 2. The van der Waals surface area contributed by atoms with E-state index in [0.717, 1.165) is 5.56 Å². The van der Waals surface area contributed by atoms with Gasteiger partial charge in [0.25, 0.3) is 0 Å². The van der Waals surface area contributed by atoms with Crippen LogP contribution in [0.5, 0.6) is 0 Å². The lowest BCUT2D eigenvalue weighted by Crippen LogP contribution is -2.50. The monoisotopic (exact) mass is 320 g/mol. The molecule has 23 heavy (non-hydrogen) atoms. The first kappa shape index (κ1) is 18.7. The average molecular weight is 320 g/mol. The molecule has 1 aromatic rings. The van der Waals surface area contributed by atoms with Gasteiger partial charge in [-0.25, -0.2) is 0 Å².